The van der Waals surface area contributed by atoms with Crippen molar-refractivity contribution in [1.29, 1.82) is 0 Å². The molecule has 0 fully saturated rings. The fourth-order valence-corrected chi connectivity index (χ4v) is 3.45. The second-order valence-corrected chi connectivity index (χ2v) is 7.48. The Morgan fingerprint density at radius 1 is 0.960 bits per heavy atom. The predicted molar refractivity (Wildman–Crippen MR) is 106 cm³/mol. The van der Waals surface area contributed by atoms with Crippen molar-refractivity contribution in [2.24, 2.45) is 0 Å². The van der Waals surface area contributed by atoms with Gasteiger partial charge in [0.15, 0.2) is 6.61 Å². The van der Waals surface area contributed by atoms with Crippen molar-refractivity contribution in [1.82, 2.24) is 0 Å². The van der Waals surface area contributed by atoms with Crippen LogP contribution in [0.3, 0.4) is 0 Å². The van der Waals surface area contributed by atoms with E-state index in [0.29, 0.717) is 11.5 Å². The third kappa shape index (κ3) is 4.22. The van der Waals surface area contributed by atoms with Gasteiger partial charge in [-0.3, -0.25) is 0 Å². The van der Waals surface area contributed by atoms with E-state index in [1.807, 2.05) is 62.4 Å². The molecule has 25 heavy (non-hydrogen) atoms. The molecule has 0 aliphatic rings. The molecule has 3 nitrogen and oxygen atoms in total. The molecule has 0 aromatic heterocycles. The van der Waals surface area contributed by atoms with Crippen molar-refractivity contribution >= 4 is 48.6 Å². The SMILES string of the molecule is Cc1ccc(C)c(OC(=O)COc2ccc3cc(Br)ccc3c2Br)c1. The number of benzene rings is 3. The number of esters is 1. The third-order valence-corrected chi connectivity index (χ3v) is 5.10. The van der Waals surface area contributed by atoms with E-state index in [9.17, 15) is 4.79 Å². The lowest BCUT2D eigenvalue weighted by Crippen LogP contribution is -2.18. The van der Waals surface area contributed by atoms with Gasteiger partial charge in [-0.2, -0.15) is 0 Å². The molecule has 0 aliphatic carbocycles. The van der Waals surface area contributed by atoms with E-state index < -0.39 is 5.97 Å². The number of rotatable bonds is 4. The van der Waals surface area contributed by atoms with E-state index in [-0.39, 0.29) is 6.61 Å². The first kappa shape index (κ1) is 18.0. The monoisotopic (exact) mass is 462 g/mol. The number of aryl methyl sites for hydroxylation is 2. The molecular formula is C20H16Br2O3. The molecule has 0 radical (unpaired) electrons. The van der Waals surface area contributed by atoms with Gasteiger partial charge < -0.3 is 9.47 Å². The Hall–Kier alpha value is -1.85. The summed E-state index contributed by atoms with van der Waals surface area (Å²) in [5, 5.41) is 2.09. The number of carbonyl (C=O) groups excluding carboxylic acids is 1. The molecule has 0 heterocycles. The first-order chi connectivity index (χ1) is 11.9. The number of fused-ring (bicyclic) bond motifs is 1. The summed E-state index contributed by atoms with van der Waals surface area (Å²) in [7, 11) is 0. The molecular weight excluding hydrogens is 448 g/mol. The maximum absolute atomic E-state index is 12.1. The first-order valence-corrected chi connectivity index (χ1v) is 9.31. The number of hydrogen-bond acceptors (Lipinski definition) is 3. The maximum atomic E-state index is 12.1. The van der Waals surface area contributed by atoms with Gasteiger partial charge in [0.25, 0.3) is 0 Å². The van der Waals surface area contributed by atoms with E-state index >= 15 is 0 Å². The van der Waals surface area contributed by atoms with Gasteiger partial charge >= 0.3 is 5.97 Å². The van der Waals surface area contributed by atoms with Crippen LogP contribution >= 0.6 is 31.9 Å². The van der Waals surface area contributed by atoms with Gasteiger partial charge in [-0.15, -0.1) is 0 Å². The largest absolute Gasteiger partial charge is 0.481 e. The van der Waals surface area contributed by atoms with Gasteiger partial charge in [-0.05, 0) is 75.9 Å². The second-order valence-electron chi connectivity index (χ2n) is 5.77. The van der Waals surface area contributed by atoms with Gasteiger partial charge in [0, 0.05) is 4.47 Å². The summed E-state index contributed by atoms with van der Waals surface area (Å²) in [6.45, 7) is 3.70. The van der Waals surface area contributed by atoms with Crippen molar-refractivity contribution < 1.29 is 14.3 Å². The second kappa shape index (κ2) is 7.58. The Labute approximate surface area is 163 Å². The number of hydrogen-bond donors (Lipinski definition) is 0. The van der Waals surface area contributed by atoms with E-state index in [1.165, 1.54) is 0 Å². The van der Waals surface area contributed by atoms with Crippen LogP contribution < -0.4 is 9.47 Å². The first-order valence-electron chi connectivity index (χ1n) is 7.72. The van der Waals surface area contributed by atoms with E-state index in [4.69, 9.17) is 9.47 Å². The van der Waals surface area contributed by atoms with Crippen molar-refractivity contribution in [3.05, 3.63) is 68.6 Å². The number of halogens is 2. The van der Waals surface area contributed by atoms with Gasteiger partial charge in [0.2, 0.25) is 0 Å². The molecule has 0 spiro atoms. The van der Waals surface area contributed by atoms with Crippen LogP contribution in [0, 0.1) is 13.8 Å². The highest BCUT2D eigenvalue weighted by Crippen LogP contribution is 2.34. The maximum Gasteiger partial charge on any atom is 0.349 e. The Morgan fingerprint density at radius 3 is 2.56 bits per heavy atom. The van der Waals surface area contributed by atoms with Gasteiger partial charge in [0.05, 0.1) is 4.47 Å². The lowest BCUT2D eigenvalue weighted by molar-refractivity contribution is -0.136. The van der Waals surface area contributed by atoms with Gasteiger partial charge in [0.1, 0.15) is 11.5 Å². The Bertz CT molecular complexity index is 951. The van der Waals surface area contributed by atoms with E-state index in [0.717, 1.165) is 30.8 Å². The normalized spacial score (nSPS) is 10.7. The van der Waals surface area contributed by atoms with Gasteiger partial charge in [-0.1, -0.05) is 40.2 Å². The fourth-order valence-electron chi connectivity index (χ4n) is 2.46. The zero-order valence-corrected chi connectivity index (χ0v) is 17.0. The average Bonchev–Trinajstić information content (AvgIpc) is 2.57. The standard InChI is InChI=1S/C20H16Br2O3/c1-12-3-4-13(2)18(9-12)25-19(23)11-24-17-8-5-14-10-15(21)6-7-16(14)20(17)22/h3-10H,11H2,1-2H3. The zero-order valence-electron chi connectivity index (χ0n) is 13.8. The molecule has 0 unspecified atom stereocenters. The lowest BCUT2D eigenvalue weighted by Gasteiger charge is -2.11. The minimum atomic E-state index is -0.434. The number of carbonyl (C=O) groups is 1. The smallest absolute Gasteiger partial charge is 0.349 e. The molecule has 0 aliphatic heterocycles. The average molecular weight is 464 g/mol. The minimum absolute atomic E-state index is 0.159. The van der Waals surface area contributed by atoms with Crippen LogP contribution in [0.1, 0.15) is 11.1 Å². The van der Waals surface area contributed by atoms with Crippen LogP contribution in [0.5, 0.6) is 11.5 Å². The highest BCUT2D eigenvalue weighted by Gasteiger charge is 2.12. The Balaban J connectivity index is 1.72. The molecule has 0 amide bonds. The molecule has 0 atom stereocenters. The lowest BCUT2D eigenvalue weighted by atomic mass is 10.1. The van der Waals surface area contributed by atoms with E-state index in [2.05, 4.69) is 31.9 Å². The van der Waals surface area contributed by atoms with Crippen molar-refractivity contribution in [3.8, 4) is 11.5 Å². The number of ether oxygens (including phenoxy) is 2. The van der Waals surface area contributed by atoms with E-state index in [1.54, 1.807) is 0 Å². The molecule has 128 valence electrons. The minimum Gasteiger partial charge on any atom is -0.481 e. The van der Waals surface area contributed by atoms with Crippen LogP contribution in [-0.4, -0.2) is 12.6 Å². The molecule has 3 aromatic carbocycles. The summed E-state index contributed by atoms with van der Waals surface area (Å²) < 4.78 is 12.9. The van der Waals surface area contributed by atoms with Crippen molar-refractivity contribution in [3.63, 3.8) is 0 Å². The molecule has 3 aromatic rings. The van der Waals surface area contributed by atoms with Crippen molar-refractivity contribution in [2.45, 2.75) is 13.8 Å². The molecule has 0 saturated carbocycles. The Morgan fingerprint density at radius 2 is 1.76 bits per heavy atom. The molecule has 0 N–H and O–H groups in total. The summed E-state index contributed by atoms with van der Waals surface area (Å²) in [5.41, 5.74) is 1.95. The van der Waals surface area contributed by atoms with Crippen LogP contribution in [0.2, 0.25) is 0 Å². The van der Waals surface area contributed by atoms with Crippen LogP contribution in [0.15, 0.2) is 57.5 Å². The van der Waals surface area contributed by atoms with Crippen LogP contribution in [0.4, 0.5) is 0 Å². The summed E-state index contributed by atoms with van der Waals surface area (Å²) >= 11 is 7.01. The molecule has 0 saturated heterocycles. The zero-order chi connectivity index (χ0) is 18.0. The van der Waals surface area contributed by atoms with Gasteiger partial charge in [-0.25, -0.2) is 4.79 Å². The van der Waals surface area contributed by atoms with Crippen LogP contribution in [0.25, 0.3) is 10.8 Å². The summed E-state index contributed by atoms with van der Waals surface area (Å²) in [5.74, 6) is 0.736. The summed E-state index contributed by atoms with van der Waals surface area (Å²) in [6.07, 6.45) is 0. The third-order valence-electron chi connectivity index (χ3n) is 3.79. The molecule has 3 rings (SSSR count). The Kier molecular flexibility index (Phi) is 5.45. The van der Waals surface area contributed by atoms with Crippen LogP contribution in [-0.2, 0) is 4.79 Å². The highest BCUT2D eigenvalue weighted by atomic mass is 79.9. The predicted octanol–water partition coefficient (Wildman–Crippen LogP) is 5.97. The quantitative estimate of drug-likeness (QED) is 0.353. The summed E-state index contributed by atoms with van der Waals surface area (Å²) in [4.78, 5) is 12.1. The van der Waals surface area contributed by atoms with Crippen molar-refractivity contribution in [2.75, 3.05) is 6.61 Å². The highest BCUT2D eigenvalue weighted by molar-refractivity contribution is 9.11. The fraction of sp³-hybridized carbons (Fsp3) is 0.150. The topological polar surface area (TPSA) is 35.5 Å². The summed E-state index contributed by atoms with van der Waals surface area (Å²) in [6, 6.07) is 15.5. The molecule has 0 bridgehead atoms. The molecule has 5 heteroatoms.